The molecule has 0 saturated heterocycles. The summed E-state index contributed by atoms with van der Waals surface area (Å²) in [5, 5.41) is 0. The zero-order chi connectivity index (χ0) is 18.3. The van der Waals surface area contributed by atoms with Gasteiger partial charge in [-0.25, -0.2) is 4.79 Å². The summed E-state index contributed by atoms with van der Waals surface area (Å²) in [6, 6.07) is 5.38. The van der Waals surface area contributed by atoms with E-state index >= 15 is 0 Å². The molecular formula is C19H20N2O4. The Labute approximate surface area is 144 Å². The second-order valence-electron chi connectivity index (χ2n) is 6.24. The summed E-state index contributed by atoms with van der Waals surface area (Å²) in [6.45, 7) is 6.93. The highest BCUT2D eigenvalue weighted by atomic mass is 16.4. The Bertz CT molecular complexity index is 1050. The number of rotatable bonds is 5. The van der Waals surface area contributed by atoms with Gasteiger partial charge in [-0.15, -0.1) is 0 Å². The number of benzene rings is 1. The Balaban J connectivity index is 2.06. The Morgan fingerprint density at radius 2 is 1.96 bits per heavy atom. The zero-order valence-electron chi connectivity index (χ0n) is 14.7. The third-order valence-electron chi connectivity index (χ3n) is 4.40. The van der Waals surface area contributed by atoms with E-state index in [1.54, 1.807) is 13.0 Å². The number of hydrogen-bond donors (Lipinski definition) is 1. The molecule has 0 fully saturated rings. The van der Waals surface area contributed by atoms with Gasteiger partial charge in [0.15, 0.2) is 17.1 Å². The summed E-state index contributed by atoms with van der Waals surface area (Å²) >= 11 is 0. The van der Waals surface area contributed by atoms with Crippen molar-refractivity contribution in [1.29, 1.82) is 0 Å². The molecule has 1 aromatic carbocycles. The van der Waals surface area contributed by atoms with Gasteiger partial charge in [-0.1, -0.05) is 13.0 Å². The van der Waals surface area contributed by atoms with Crippen LogP contribution in [0, 0.1) is 13.8 Å². The smallest absolute Gasteiger partial charge is 0.408 e. The number of H-pyrrole nitrogens is 1. The maximum atomic E-state index is 12.8. The second kappa shape index (κ2) is 6.20. The van der Waals surface area contributed by atoms with E-state index in [4.69, 9.17) is 4.42 Å². The molecular weight excluding hydrogens is 320 g/mol. The molecule has 2 heterocycles. The standard InChI is InChI=1S/C19H20N2O4/c1-5-13-17(12(4)22)11(3)20-18(13)15(23)9-21-14-8-10(2)6-7-16(14)25-19(21)24/h6-8,20H,5,9H2,1-4H3. The summed E-state index contributed by atoms with van der Waals surface area (Å²) in [5.41, 5.74) is 4.33. The lowest BCUT2D eigenvalue weighted by atomic mass is 10.0. The van der Waals surface area contributed by atoms with Crippen molar-refractivity contribution in [1.82, 2.24) is 9.55 Å². The molecule has 0 radical (unpaired) electrons. The highest BCUT2D eigenvalue weighted by Gasteiger charge is 2.23. The van der Waals surface area contributed by atoms with Gasteiger partial charge >= 0.3 is 5.76 Å². The first-order valence-electron chi connectivity index (χ1n) is 8.19. The Morgan fingerprint density at radius 1 is 1.24 bits per heavy atom. The molecule has 6 heteroatoms. The molecule has 0 aliphatic rings. The van der Waals surface area contributed by atoms with Gasteiger partial charge < -0.3 is 9.40 Å². The number of carbonyl (C=O) groups is 2. The van der Waals surface area contributed by atoms with E-state index in [9.17, 15) is 14.4 Å². The van der Waals surface area contributed by atoms with Crippen LogP contribution in [0.15, 0.2) is 27.4 Å². The van der Waals surface area contributed by atoms with E-state index in [0.717, 1.165) is 5.56 Å². The molecule has 0 unspecified atom stereocenters. The number of nitrogens with one attached hydrogen (secondary N) is 1. The number of nitrogens with zero attached hydrogens (tertiary/aromatic N) is 1. The van der Waals surface area contributed by atoms with Crippen LogP contribution in [0.1, 0.15) is 51.5 Å². The molecule has 1 N–H and O–H groups in total. The number of aromatic nitrogens is 2. The summed E-state index contributed by atoms with van der Waals surface area (Å²) in [6.07, 6.45) is 0.556. The van der Waals surface area contributed by atoms with Crippen molar-refractivity contribution < 1.29 is 14.0 Å². The minimum atomic E-state index is -0.568. The van der Waals surface area contributed by atoms with Crippen molar-refractivity contribution in [3.63, 3.8) is 0 Å². The van der Waals surface area contributed by atoms with Crippen LogP contribution >= 0.6 is 0 Å². The van der Waals surface area contributed by atoms with E-state index in [2.05, 4.69) is 4.98 Å². The number of oxazole rings is 1. The van der Waals surface area contributed by atoms with E-state index in [1.807, 2.05) is 26.0 Å². The van der Waals surface area contributed by atoms with Gasteiger partial charge in [0.2, 0.25) is 0 Å². The third kappa shape index (κ3) is 2.84. The van der Waals surface area contributed by atoms with Crippen LogP contribution in [0.5, 0.6) is 0 Å². The van der Waals surface area contributed by atoms with Crippen molar-refractivity contribution in [3.8, 4) is 0 Å². The topological polar surface area (TPSA) is 85.1 Å². The molecule has 6 nitrogen and oxygen atoms in total. The van der Waals surface area contributed by atoms with Crippen molar-refractivity contribution in [2.24, 2.45) is 0 Å². The fourth-order valence-corrected chi connectivity index (χ4v) is 3.29. The van der Waals surface area contributed by atoms with Crippen LogP contribution in [0.3, 0.4) is 0 Å². The molecule has 0 amide bonds. The van der Waals surface area contributed by atoms with Gasteiger partial charge in [-0.2, -0.15) is 0 Å². The van der Waals surface area contributed by atoms with Crippen molar-refractivity contribution in [2.45, 2.75) is 40.7 Å². The van der Waals surface area contributed by atoms with Crippen LogP contribution in [-0.4, -0.2) is 21.1 Å². The van der Waals surface area contributed by atoms with Crippen molar-refractivity contribution >= 4 is 22.7 Å². The Kier molecular flexibility index (Phi) is 4.20. The molecule has 130 valence electrons. The monoisotopic (exact) mass is 340 g/mol. The van der Waals surface area contributed by atoms with E-state index < -0.39 is 5.76 Å². The van der Waals surface area contributed by atoms with Gasteiger partial charge in [-0.3, -0.25) is 14.2 Å². The van der Waals surface area contributed by atoms with E-state index in [1.165, 1.54) is 11.5 Å². The molecule has 3 rings (SSSR count). The quantitative estimate of drug-likeness (QED) is 0.723. The number of hydrogen-bond acceptors (Lipinski definition) is 4. The minimum absolute atomic E-state index is 0.0776. The molecule has 25 heavy (non-hydrogen) atoms. The first-order valence-corrected chi connectivity index (χ1v) is 8.19. The summed E-state index contributed by atoms with van der Waals surface area (Å²) in [5.74, 6) is -0.896. The lowest BCUT2D eigenvalue weighted by Crippen LogP contribution is -2.21. The van der Waals surface area contributed by atoms with Crippen molar-refractivity contribution in [3.05, 3.63) is 56.8 Å². The molecule has 0 bridgehead atoms. The molecule has 0 aliphatic carbocycles. The van der Waals surface area contributed by atoms with Crippen LogP contribution in [-0.2, 0) is 13.0 Å². The van der Waals surface area contributed by atoms with E-state index in [0.29, 0.717) is 40.0 Å². The average Bonchev–Trinajstić information content (AvgIpc) is 3.04. The summed E-state index contributed by atoms with van der Waals surface area (Å²) < 4.78 is 6.53. The number of aromatic amines is 1. The second-order valence-corrected chi connectivity index (χ2v) is 6.24. The molecule has 0 aliphatic heterocycles. The fourth-order valence-electron chi connectivity index (χ4n) is 3.29. The lowest BCUT2D eigenvalue weighted by Gasteiger charge is -2.04. The zero-order valence-corrected chi connectivity index (χ0v) is 14.7. The molecule has 3 aromatic rings. The SMILES string of the molecule is CCc1c(C(=O)Cn2c(=O)oc3ccc(C)cc32)[nH]c(C)c1C(C)=O. The van der Waals surface area contributed by atoms with Gasteiger partial charge in [0, 0.05) is 11.3 Å². The predicted octanol–water partition coefficient (Wildman–Crippen LogP) is 3.19. The fraction of sp³-hybridized carbons (Fsp3) is 0.316. The summed E-state index contributed by atoms with van der Waals surface area (Å²) in [7, 11) is 0. The minimum Gasteiger partial charge on any atom is -0.408 e. The van der Waals surface area contributed by atoms with Crippen LogP contribution in [0.4, 0.5) is 0 Å². The van der Waals surface area contributed by atoms with E-state index in [-0.39, 0.29) is 18.1 Å². The van der Waals surface area contributed by atoms with Crippen molar-refractivity contribution in [2.75, 3.05) is 0 Å². The highest BCUT2D eigenvalue weighted by Crippen LogP contribution is 2.22. The maximum Gasteiger partial charge on any atom is 0.420 e. The van der Waals surface area contributed by atoms with Crippen LogP contribution in [0.2, 0.25) is 0 Å². The first kappa shape index (κ1) is 17.0. The predicted molar refractivity (Wildman–Crippen MR) is 94.5 cm³/mol. The number of ketones is 2. The van der Waals surface area contributed by atoms with Crippen LogP contribution in [0.25, 0.3) is 11.1 Å². The Hall–Kier alpha value is -2.89. The van der Waals surface area contributed by atoms with Gasteiger partial charge in [-0.05, 0) is 50.5 Å². The first-order chi connectivity index (χ1) is 11.8. The van der Waals surface area contributed by atoms with Gasteiger partial charge in [0.1, 0.15) is 0 Å². The molecule has 0 atom stereocenters. The lowest BCUT2D eigenvalue weighted by molar-refractivity contribution is 0.0965. The molecule has 0 saturated carbocycles. The average molecular weight is 340 g/mol. The van der Waals surface area contributed by atoms with Gasteiger partial charge in [0.05, 0.1) is 17.8 Å². The molecule has 2 aromatic heterocycles. The highest BCUT2D eigenvalue weighted by molar-refractivity contribution is 6.03. The largest absolute Gasteiger partial charge is 0.420 e. The molecule has 0 spiro atoms. The maximum absolute atomic E-state index is 12.8. The normalized spacial score (nSPS) is 11.2. The number of fused-ring (bicyclic) bond motifs is 1. The number of aryl methyl sites for hydroxylation is 2. The third-order valence-corrected chi connectivity index (χ3v) is 4.40. The van der Waals surface area contributed by atoms with Gasteiger partial charge in [0.25, 0.3) is 0 Å². The van der Waals surface area contributed by atoms with Crippen LogP contribution < -0.4 is 5.76 Å². The Morgan fingerprint density at radius 3 is 2.60 bits per heavy atom. The summed E-state index contributed by atoms with van der Waals surface area (Å²) in [4.78, 5) is 39.8. The number of Topliss-reactive ketones (excluding diaryl/α,β-unsaturated/α-hetero) is 2. The number of carbonyl (C=O) groups excluding carboxylic acids is 2.